The van der Waals surface area contributed by atoms with Crippen LogP contribution in [-0.4, -0.2) is 47.4 Å². The highest BCUT2D eigenvalue weighted by molar-refractivity contribution is 6.00. The molecule has 0 saturated carbocycles. The number of nitrogens with zero attached hydrogens (tertiary/aromatic N) is 3. The summed E-state index contributed by atoms with van der Waals surface area (Å²) in [6, 6.07) is 10.8. The van der Waals surface area contributed by atoms with E-state index in [1.165, 1.54) is 0 Å². The molecular formula is C19H19N3O3. The standard InChI is InChI=1S/C19H19N3O3/c1-25-15-6-2-4-13(10-15)19(24)21-9-7-16-17(21)11-18(23)22(16)14-5-3-8-20-12-14/h2-6,8,10,12,16-17H,7,9,11H2,1H3/t16-,17+/m1/s1. The fourth-order valence-corrected chi connectivity index (χ4v) is 3.85. The Balaban J connectivity index is 1.59. The number of carbonyl (C=O) groups is 2. The molecule has 128 valence electrons. The number of hydrogen-bond donors (Lipinski definition) is 0. The first kappa shape index (κ1) is 15.6. The number of fused-ring (bicyclic) bond motifs is 1. The van der Waals surface area contributed by atoms with Gasteiger partial charge in [-0.05, 0) is 36.8 Å². The number of methoxy groups -OCH3 is 1. The van der Waals surface area contributed by atoms with Crippen LogP contribution in [0.25, 0.3) is 0 Å². The van der Waals surface area contributed by atoms with Crippen molar-refractivity contribution in [3.63, 3.8) is 0 Å². The summed E-state index contributed by atoms with van der Waals surface area (Å²) < 4.78 is 5.21. The molecule has 25 heavy (non-hydrogen) atoms. The third-order valence-corrected chi connectivity index (χ3v) is 5.00. The second kappa shape index (κ2) is 6.20. The van der Waals surface area contributed by atoms with E-state index in [1.807, 2.05) is 23.1 Å². The summed E-state index contributed by atoms with van der Waals surface area (Å²) in [5.74, 6) is 0.652. The van der Waals surface area contributed by atoms with Crippen LogP contribution in [0.5, 0.6) is 5.75 Å². The molecule has 2 amide bonds. The minimum Gasteiger partial charge on any atom is -0.497 e. The normalized spacial score (nSPS) is 22.2. The van der Waals surface area contributed by atoms with Crippen molar-refractivity contribution in [2.45, 2.75) is 24.9 Å². The lowest BCUT2D eigenvalue weighted by Gasteiger charge is -2.25. The first-order valence-corrected chi connectivity index (χ1v) is 8.36. The number of hydrogen-bond acceptors (Lipinski definition) is 4. The Morgan fingerprint density at radius 1 is 1.24 bits per heavy atom. The first-order chi connectivity index (χ1) is 12.2. The second-order valence-electron chi connectivity index (χ2n) is 6.33. The number of amides is 2. The van der Waals surface area contributed by atoms with Crippen molar-refractivity contribution in [1.29, 1.82) is 0 Å². The summed E-state index contributed by atoms with van der Waals surface area (Å²) in [4.78, 5) is 33.2. The predicted octanol–water partition coefficient (Wildman–Crippen LogP) is 2.11. The number of rotatable bonds is 3. The van der Waals surface area contributed by atoms with Crippen LogP contribution >= 0.6 is 0 Å². The molecule has 6 nitrogen and oxygen atoms in total. The molecule has 2 fully saturated rings. The maximum Gasteiger partial charge on any atom is 0.254 e. The molecule has 4 rings (SSSR count). The number of benzene rings is 1. The predicted molar refractivity (Wildman–Crippen MR) is 92.6 cm³/mol. The maximum absolute atomic E-state index is 12.9. The van der Waals surface area contributed by atoms with Crippen LogP contribution in [0.4, 0.5) is 5.69 Å². The quantitative estimate of drug-likeness (QED) is 0.861. The Hall–Kier alpha value is -2.89. The van der Waals surface area contributed by atoms with Gasteiger partial charge in [-0.25, -0.2) is 0 Å². The summed E-state index contributed by atoms with van der Waals surface area (Å²) in [6.07, 6.45) is 4.53. The molecule has 2 aromatic rings. The second-order valence-corrected chi connectivity index (χ2v) is 6.33. The van der Waals surface area contributed by atoms with E-state index < -0.39 is 0 Å². The van der Waals surface area contributed by atoms with Gasteiger partial charge in [0.2, 0.25) is 5.91 Å². The number of ether oxygens (including phenoxy) is 1. The zero-order valence-electron chi connectivity index (χ0n) is 14.0. The summed E-state index contributed by atoms with van der Waals surface area (Å²) in [5, 5.41) is 0. The highest BCUT2D eigenvalue weighted by Gasteiger charge is 2.49. The van der Waals surface area contributed by atoms with Gasteiger partial charge in [-0.15, -0.1) is 0 Å². The van der Waals surface area contributed by atoms with Crippen molar-refractivity contribution in [2.24, 2.45) is 0 Å². The molecule has 0 N–H and O–H groups in total. The molecule has 2 atom stereocenters. The van der Waals surface area contributed by atoms with Crippen molar-refractivity contribution in [2.75, 3.05) is 18.6 Å². The van der Waals surface area contributed by atoms with Gasteiger partial charge >= 0.3 is 0 Å². The molecule has 0 radical (unpaired) electrons. The van der Waals surface area contributed by atoms with Gasteiger partial charge < -0.3 is 14.5 Å². The van der Waals surface area contributed by atoms with Crippen LogP contribution in [0.2, 0.25) is 0 Å². The number of aromatic nitrogens is 1. The molecule has 3 heterocycles. The SMILES string of the molecule is COc1cccc(C(=O)N2CC[C@@H]3[C@@H]2CC(=O)N3c2cccnc2)c1. The highest BCUT2D eigenvalue weighted by atomic mass is 16.5. The van der Waals surface area contributed by atoms with Crippen molar-refractivity contribution >= 4 is 17.5 Å². The number of carbonyl (C=O) groups excluding carboxylic acids is 2. The van der Waals surface area contributed by atoms with Crippen molar-refractivity contribution in [3.05, 3.63) is 54.4 Å². The molecule has 2 aliphatic heterocycles. The smallest absolute Gasteiger partial charge is 0.254 e. The van der Waals surface area contributed by atoms with Gasteiger partial charge in [0, 0.05) is 24.7 Å². The minimum absolute atomic E-state index is 0.0197. The van der Waals surface area contributed by atoms with E-state index >= 15 is 0 Å². The topological polar surface area (TPSA) is 62.7 Å². The molecule has 0 bridgehead atoms. The van der Waals surface area contributed by atoms with Crippen LogP contribution in [0.3, 0.4) is 0 Å². The van der Waals surface area contributed by atoms with E-state index in [-0.39, 0.29) is 23.9 Å². The highest BCUT2D eigenvalue weighted by Crippen LogP contribution is 2.36. The molecule has 1 aromatic carbocycles. The zero-order valence-corrected chi connectivity index (χ0v) is 14.0. The Labute approximate surface area is 146 Å². The van der Waals surface area contributed by atoms with Gasteiger partial charge in [0.25, 0.3) is 5.91 Å². The maximum atomic E-state index is 12.9. The molecule has 1 aromatic heterocycles. The average Bonchev–Trinajstić information content (AvgIpc) is 3.19. The van der Waals surface area contributed by atoms with Crippen LogP contribution < -0.4 is 9.64 Å². The summed E-state index contributed by atoms with van der Waals surface area (Å²) in [7, 11) is 1.58. The summed E-state index contributed by atoms with van der Waals surface area (Å²) in [5.41, 5.74) is 1.39. The van der Waals surface area contributed by atoms with Crippen LogP contribution in [0.15, 0.2) is 48.8 Å². The Kier molecular flexibility index (Phi) is 3.87. The van der Waals surface area contributed by atoms with E-state index in [2.05, 4.69) is 4.98 Å². The number of pyridine rings is 1. The minimum atomic E-state index is -0.0913. The summed E-state index contributed by atoms with van der Waals surface area (Å²) in [6.45, 7) is 0.648. The largest absolute Gasteiger partial charge is 0.497 e. The van der Waals surface area contributed by atoms with Crippen molar-refractivity contribution in [1.82, 2.24) is 9.88 Å². The zero-order chi connectivity index (χ0) is 17.4. The van der Waals surface area contributed by atoms with Crippen LogP contribution in [0, 0.1) is 0 Å². The molecule has 0 spiro atoms. The lowest BCUT2D eigenvalue weighted by molar-refractivity contribution is -0.117. The van der Waals surface area contributed by atoms with Gasteiger partial charge in [-0.2, -0.15) is 0 Å². The molecule has 2 saturated heterocycles. The summed E-state index contributed by atoms with van der Waals surface area (Å²) >= 11 is 0. The van der Waals surface area contributed by atoms with Gasteiger partial charge in [0.15, 0.2) is 0 Å². The fraction of sp³-hybridized carbons (Fsp3) is 0.316. The van der Waals surface area contributed by atoms with E-state index in [9.17, 15) is 9.59 Å². The monoisotopic (exact) mass is 337 g/mol. The Morgan fingerprint density at radius 2 is 2.12 bits per heavy atom. The van der Waals surface area contributed by atoms with Crippen LogP contribution in [0.1, 0.15) is 23.2 Å². The van der Waals surface area contributed by atoms with Gasteiger partial charge in [0.1, 0.15) is 5.75 Å². The number of likely N-dealkylation sites (tertiary alicyclic amines) is 1. The Morgan fingerprint density at radius 3 is 2.88 bits per heavy atom. The van der Waals surface area contributed by atoms with E-state index in [1.54, 1.807) is 42.6 Å². The Bertz CT molecular complexity index is 809. The lowest BCUT2D eigenvalue weighted by Crippen LogP contribution is -2.40. The lowest BCUT2D eigenvalue weighted by atomic mass is 10.1. The number of anilines is 1. The van der Waals surface area contributed by atoms with E-state index in [0.717, 1.165) is 12.1 Å². The van der Waals surface area contributed by atoms with Gasteiger partial charge in [-0.1, -0.05) is 6.07 Å². The van der Waals surface area contributed by atoms with Gasteiger partial charge in [-0.3, -0.25) is 14.6 Å². The third kappa shape index (κ3) is 2.63. The van der Waals surface area contributed by atoms with Crippen molar-refractivity contribution < 1.29 is 14.3 Å². The first-order valence-electron chi connectivity index (χ1n) is 8.36. The fourth-order valence-electron chi connectivity index (χ4n) is 3.85. The molecule has 0 aliphatic carbocycles. The van der Waals surface area contributed by atoms with Gasteiger partial charge in [0.05, 0.1) is 31.1 Å². The van der Waals surface area contributed by atoms with Crippen molar-refractivity contribution in [3.8, 4) is 5.75 Å². The molecule has 0 unspecified atom stereocenters. The average molecular weight is 337 g/mol. The molecule has 2 aliphatic rings. The van der Waals surface area contributed by atoms with E-state index in [4.69, 9.17) is 4.74 Å². The molecule has 6 heteroatoms. The third-order valence-electron chi connectivity index (χ3n) is 5.00. The van der Waals surface area contributed by atoms with Crippen LogP contribution in [-0.2, 0) is 4.79 Å². The van der Waals surface area contributed by atoms with E-state index in [0.29, 0.717) is 24.3 Å². The molecular weight excluding hydrogens is 318 g/mol.